The quantitative estimate of drug-likeness (QED) is 0.866. The van der Waals surface area contributed by atoms with Crippen LogP contribution < -0.4 is 5.32 Å². The molecule has 19 heavy (non-hydrogen) atoms. The molecule has 3 nitrogen and oxygen atoms in total. The van der Waals surface area contributed by atoms with E-state index in [9.17, 15) is 4.79 Å². The average molecular weight is 289 g/mol. The highest BCUT2D eigenvalue weighted by Crippen LogP contribution is 2.23. The minimum atomic E-state index is 0. The van der Waals surface area contributed by atoms with Crippen molar-refractivity contribution < 1.29 is 4.79 Å². The summed E-state index contributed by atoms with van der Waals surface area (Å²) in [4.78, 5) is 14.4. The highest BCUT2D eigenvalue weighted by Gasteiger charge is 2.25. The minimum Gasteiger partial charge on any atom is -0.342 e. The van der Waals surface area contributed by atoms with Crippen LogP contribution in [0.25, 0.3) is 0 Å². The van der Waals surface area contributed by atoms with Gasteiger partial charge in [-0.25, -0.2) is 0 Å². The van der Waals surface area contributed by atoms with E-state index in [1.165, 1.54) is 19.3 Å². The van der Waals surface area contributed by atoms with Crippen LogP contribution in [0.1, 0.15) is 46.0 Å². The smallest absolute Gasteiger partial charge is 0.222 e. The molecule has 2 heterocycles. The fourth-order valence-corrected chi connectivity index (χ4v) is 3.52. The van der Waals surface area contributed by atoms with E-state index in [4.69, 9.17) is 0 Å². The third-order valence-electron chi connectivity index (χ3n) is 4.45. The number of nitrogens with zero attached hydrogens (tertiary/aromatic N) is 1. The monoisotopic (exact) mass is 288 g/mol. The summed E-state index contributed by atoms with van der Waals surface area (Å²) >= 11 is 0. The van der Waals surface area contributed by atoms with E-state index in [1.807, 2.05) is 0 Å². The number of rotatable bonds is 3. The summed E-state index contributed by atoms with van der Waals surface area (Å²) < 4.78 is 0. The van der Waals surface area contributed by atoms with Crippen molar-refractivity contribution in [2.24, 2.45) is 17.8 Å². The van der Waals surface area contributed by atoms with Crippen molar-refractivity contribution in [2.45, 2.75) is 46.0 Å². The van der Waals surface area contributed by atoms with Gasteiger partial charge in [-0.3, -0.25) is 4.79 Å². The van der Waals surface area contributed by atoms with Crippen LogP contribution in [-0.4, -0.2) is 37.0 Å². The molecule has 2 unspecified atom stereocenters. The summed E-state index contributed by atoms with van der Waals surface area (Å²) in [5, 5.41) is 3.38. The van der Waals surface area contributed by atoms with Crippen LogP contribution in [0.4, 0.5) is 0 Å². The van der Waals surface area contributed by atoms with Crippen LogP contribution >= 0.6 is 12.4 Å². The van der Waals surface area contributed by atoms with Gasteiger partial charge in [0, 0.05) is 19.5 Å². The third kappa shape index (κ3) is 5.31. The molecule has 2 rings (SSSR count). The predicted octanol–water partition coefficient (Wildman–Crippen LogP) is 2.69. The topological polar surface area (TPSA) is 32.3 Å². The van der Waals surface area contributed by atoms with Gasteiger partial charge in [-0.05, 0) is 56.5 Å². The maximum atomic E-state index is 12.2. The first-order chi connectivity index (χ1) is 8.65. The Morgan fingerprint density at radius 2 is 1.74 bits per heavy atom. The van der Waals surface area contributed by atoms with E-state index in [1.54, 1.807) is 0 Å². The van der Waals surface area contributed by atoms with Gasteiger partial charge in [0.1, 0.15) is 0 Å². The Kier molecular flexibility index (Phi) is 7.16. The van der Waals surface area contributed by atoms with Gasteiger partial charge in [0.15, 0.2) is 0 Å². The van der Waals surface area contributed by atoms with Gasteiger partial charge in [0.2, 0.25) is 5.91 Å². The van der Waals surface area contributed by atoms with E-state index >= 15 is 0 Å². The van der Waals surface area contributed by atoms with E-state index in [-0.39, 0.29) is 12.4 Å². The third-order valence-corrected chi connectivity index (χ3v) is 4.45. The number of likely N-dealkylation sites (tertiary alicyclic amines) is 1. The number of halogens is 1. The summed E-state index contributed by atoms with van der Waals surface area (Å²) in [6.07, 6.45) is 5.64. The number of hydrogen-bond acceptors (Lipinski definition) is 2. The minimum absolute atomic E-state index is 0. The van der Waals surface area contributed by atoms with E-state index in [2.05, 4.69) is 24.1 Å². The molecule has 2 aliphatic heterocycles. The second kappa shape index (κ2) is 8.11. The Morgan fingerprint density at radius 3 is 2.32 bits per heavy atom. The van der Waals surface area contributed by atoms with Gasteiger partial charge >= 0.3 is 0 Å². The molecule has 112 valence electrons. The van der Waals surface area contributed by atoms with Crippen molar-refractivity contribution in [1.29, 1.82) is 0 Å². The number of piperidine rings is 2. The standard InChI is InChI=1S/C15H28N2O.ClH/c1-12-9-13(2)11-17(10-12)15(18)4-3-14-5-7-16-8-6-14;/h12-14,16H,3-11H2,1-2H3;1H. The molecule has 1 N–H and O–H groups in total. The molecular weight excluding hydrogens is 260 g/mol. The second-order valence-electron chi connectivity index (χ2n) is 6.48. The summed E-state index contributed by atoms with van der Waals surface area (Å²) in [6.45, 7) is 8.77. The summed E-state index contributed by atoms with van der Waals surface area (Å²) in [7, 11) is 0. The fourth-order valence-electron chi connectivity index (χ4n) is 3.52. The number of hydrogen-bond donors (Lipinski definition) is 1. The normalized spacial score (nSPS) is 28.8. The van der Waals surface area contributed by atoms with Crippen LogP contribution in [0.3, 0.4) is 0 Å². The highest BCUT2D eigenvalue weighted by molar-refractivity contribution is 5.85. The van der Waals surface area contributed by atoms with Crippen molar-refractivity contribution in [3.63, 3.8) is 0 Å². The number of nitrogens with one attached hydrogen (secondary N) is 1. The van der Waals surface area contributed by atoms with Crippen LogP contribution in [0.15, 0.2) is 0 Å². The Labute approximate surface area is 123 Å². The largest absolute Gasteiger partial charge is 0.342 e. The molecule has 2 fully saturated rings. The Hall–Kier alpha value is -0.280. The molecule has 0 aromatic heterocycles. The zero-order valence-corrected chi connectivity index (χ0v) is 13.2. The van der Waals surface area contributed by atoms with Crippen molar-refractivity contribution >= 4 is 18.3 Å². The van der Waals surface area contributed by atoms with Crippen LogP contribution in [-0.2, 0) is 4.79 Å². The molecule has 0 aromatic rings. The lowest BCUT2D eigenvalue weighted by molar-refractivity contribution is -0.134. The molecule has 0 aliphatic carbocycles. The lowest BCUT2D eigenvalue weighted by atomic mass is 9.90. The van der Waals surface area contributed by atoms with Crippen molar-refractivity contribution in [3.05, 3.63) is 0 Å². The molecule has 0 bridgehead atoms. The molecule has 4 heteroatoms. The SMILES string of the molecule is CC1CC(C)CN(C(=O)CCC2CCNCC2)C1.Cl. The van der Waals surface area contributed by atoms with Crippen molar-refractivity contribution in [2.75, 3.05) is 26.2 Å². The van der Waals surface area contributed by atoms with Crippen LogP contribution in [0.2, 0.25) is 0 Å². The molecule has 0 spiro atoms. The molecule has 0 saturated carbocycles. The van der Waals surface area contributed by atoms with E-state index in [0.717, 1.165) is 44.9 Å². The fraction of sp³-hybridized carbons (Fsp3) is 0.933. The molecule has 1 amide bonds. The predicted molar refractivity (Wildman–Crippen MR) is 81.6 cm³/mol. The van der Waals surface area contributed by atoms with Gasteiger partial charge in [0.25, 0.3) is 0 Å². The van der Waals surface area contributed by atoms with Crippen LogP contribution in [0, 0.1) is 17.8 Å². The number of carbonyl (C=O) groups excluding carboxylic acids is 1. The first-order valence-electron chi connectivity index (χ1n) is 7.63. The highest BCUT2D eigenvalue weighted by atomic mass is 35.5. The molecule has 2 atom stereocenters. The summed E-state index contributed by atoms with van der Waals surface area (Å²) in [6, 6.07) is 0. The van der Waals surface area contributed by atoms with Gasteiger partial charge in [-0.2, -0.15) is 0 Å². The maximum Gasteiger partial charge on any atom is 0.222 e. The Morgan fingerprint density at radius 1 is 1.16 bits per heavy atom. The van der Waals surface area contributed by atoms with Crippen LogP contribution in [0.5, 0.6) is 0 Å². The average Bonchev–Trinajstić information content (AvgIpc) is 2.36. The number of amides is 1. The molecule has 2 saturated heterocycles. The maximum absolute atomic E-state index is 12.2. The van der Waals surface area contributed by atoms with Crippen molar-refractivity contribution in [3.8, 4) is 0 Å². The molecule has 2 aliphatic rings. The lowest BCUT2D eigenvalue weighted by Gasteiger charge is -2.35. The molecular formula is C15H29ClN2O. The van der Waals surface area contributed by atoms with Gasteiger partial charge < -0.3 is 10.2 Å². The van der Waals surface area contributed by atoms with Crippen molar-refractivity contribution in [1.82, 2.24) is 10.2 Å². The van der Waals surface area contributed by atoms with Gasteiger partial charge in [-0.15, -0.1) is 12.4 Å². The van der Waals surface area contributed by atoms with Gasteiger partial charge in [0.05, 0.1) is 0 Å². The van der Waals surface area contributed by atoms with Gasteiger partial charge in [-0.1, -0.05) is 13.8 Å². The Bertz CT molecular complexity index is 269. The first-order valence-corrected chi connectivity index (χ1v) is 7.63. The second-order valence-corrected chi connectivity index (χ2v) is 6.48. The zero-order valence-electron chi connectivity index (χ0n) is 12.4. The Balaban J connectivity index is 0.00000180. The summed E-state index contributed by atoms with van der Waals surface area (Å²) in [5.74, 6) is 2.52. The molecule has 0 aromatic carbocycles. The van der Waals surface area contributed by atoms with E-state index in [0.29, 0.717) is 17.7 Å². The molecule has 0 radical (unpaired) electrons. The van der Waals surface area contributed by atoms with E-state index < -0.39 is 0 Å². The number of carbonyl (C=O) groups is 1. The first kappa shape index (κ1) is 16.8. The zero-order chi connectivity index (χ0) is 13.0. The summed E-state index contributed by atoms with van der Waals surface area (Å²) in [5.41, 5.74) is 0. The lowest BCUT2D eigenvalue weighted by Crippen LogP contribution is -2.42.